The molecule has 4 saturated carbocycles. The zero-order valence-electron chi connectivity index (χ0n) is 17.1. The van der Waals surface area contributed by atoms with Crippen molar-refractivity contribution in [3.05, 3.63) is 11.6 Å². The molecule has 6 nitrogen and oxygen atoms in total. The molecule has 0 radical (unpaired) electrons. The number of nitrogens with zero attached hydrogens (tertiary/aromatic N) is 1. The molecule has 0 spiro atoms. The first-order valence-electron chi connectivity index (χ1n) is 11.1. The summed E-state index contributed by atoms with van der Waals surface area (Å²) in [6.07, 6.45) is 6.48. The predicted octanol–water partition coefficient (Wildman–Crippen LogP) is 2.22. The summed E-state index contributed by atoms with van der Waals surface area (Å²) in [5.74, 6) is -0.280. The van der Waals surface area contributed by atoms with Crippen LogP contribution in [0.2, 0.25) is 0 Å². The summed E-state index contributed by atoms with van der Waals surface area (Å²) in [5.41, 5.74) is -2.33. The number of cyclic esters (lactones) is 1. The molecule has 0 aromatic rings. The Morgan fingerprint density at radius 3 is 2.55 bits per heavy atom. The first-order chi connectivity index (χ1) is 13.7. The Kier molecular flexibility index (Phi) is 4.08. The molecular weight excluding hydrogens is 370 g/mol. The van der Waals surface area contributed by atoms with Crippen molar-refractivity contribution in [1.29, 1.82) is 5.26 Å². The van der Waals surface area contributed by atoms with Gasteiger partial charge in [0.1, 0.15) is 6.61 Å². The van der Waals surface area contributed by atoms with Gasteiger partial charge in [-0.25, -0.2) is 4.79 Å². The van der Waals surface area contributed by atoms with E-state index in [1.54, 1.807) is 6.08 Å². The van der Waals surface area contributed by atoms with Crippen molar-refractivity contribution in [3.8, 4) is 6.07 Å². The highest BCUT2D eigenvalue weighted by Crippen LogP contribution is 2.70. The van der Waals surface area contributed by atoms with Gasteiger partial charge in [-0.1, -0.05) is 6.92 Å². The van der Waals surface area contributed by atoms with Gasteiger partial charge in [-0.15, -0.1) is 0 Å². The van der Waals surface area contributed by atoms with E-state index in [1.807, 2.05) is 0 Å². The highest BCUT2D eigenvalue weighted by Gasteiger charge is 2.71. The van der Waals surface area contributed by atoms with Crippen LogP contribution in [-0.2, 0) is 9.53 Å². The normalized spacial score (nSPS) is 53.9. The standard InChI is InChI=1S/C23H31NO5/c1-20-6-3-17-18(4-8-22(27)11-15(25)2-7-21(17,22)13-24)23(20,28)9-5-16(20)14-10-19(26)29-12-14/h10,15-18,25,27-28H,2-9,11-12H2,1H3/t15-,16-,17-,18-,20+,21-,22+,23+/m0/s1. The number of hydrogen-bond acceptors (Lipinski definition) is 6. The van der Waals surface area contributed by atoms with Crippen molar-refractivity contribution in [1.82, 2.24) is 0 Å². The van der Waals surface area contributed by atoms with E-state index in [1.165, 1.54) is 0 Å². The molecule has 1 heterocycles. The van der Waals surface area contributed by atoms with E-state index in [0.717, 1.165) is 24.8 Å². The molecule has 4 fully saturated rings. The number of ether oxygens (including phenoxy) is 1. The van der Waals surface area contributed by atoms with Gasteiger partial charge in [0, 0.05) is 17.9 Å². The maximum absolute atomic E-state index is 12.1. The number of esters is 1. The average Bonchev–Trinajstić information content (AvgIpc) is 3.21. The molecule has 4 aliphatic carbocycles. The summed E-state index contributed by atoms with van der Waals surface area (Å²) in [6.45, 7) is 2.47. The molecule has 5 aliphatic rings. The molecule has 5 rings (SSSR count). The summed E-state index contributed by atoms with van der Waals surface area (Å²) in [6, 6.07) is 2.51. The van der Waals surface area contributed by atoms with Crippen molar-refractivity contribution in [2.45, 2.75) is 82.0 Å². The first-order valence-corrected chi connectivity index (χ1v) is 11.1. The third-order valence-corrected chi connectivity index (χ3v) is 9.75. The fourth-order valence-electron chi connectivity index (χ4n) is 8.27. The number of hydrogen-bond donors (Lipinski definition) is 3. The van der Waals surface area contributed by atoms with Crippen LogP contribution in [0.25, 0.3) is 0 Å². The number of carbonyl (C=O) groups excluding carboxylic acids is 1. The number of fused-ring (bicyclic) bond motifs is 5. The molecular formula is C23H31NO5. The number of nitriles is 1. The van der Waals surface area contributed by atoms with Gasteiger partial charge in [-0.05, 0) is 74.7 Å². The Morgan fingerprint density at radius 1 is 1.10 bits per heavy atom. The summed E-state index contributed by atoms with van der Waals surface area (Å²) >= 11 is 0. The second-order valence-corrected chi connectivity index (χ2v) is 10.6. The van der Waals surface area contributed by atoms with E-state index in [4.69, 9.17) is 4.74 Å². The number of carbonyl (C=O) groups is 1. The maximum atomic E-state index is 12.1. The third-order valence-electron chi connectivity index (χ3n) is 9.75. The lowest BCUT2D eigenvalue weighted by Crippen LogP contribution is -2.67. The van der Waals surface area contributed by atoms with Crippen LogP contribution in [0, 0.1) is 39.9 Å². The van der Waals surface area contributed by atoms with Crippen LogP contribution >= 0.6 is 0 Å². The summed E-state index contributed by atoms with van der Waals surface area (Å²) in [4.78, 5) is 11.6. The van der Waals surface area contributed by atoms with Crippen LogP contribution in [0.15, 0.2) is 11.6 Å². The van der Waals surface area contributed by atoms with Crippen LogP contribution in [-0.4, -0.2) is 45.2 Å². The Bertz CT molecular complexity index is 819. The van der Waals surface area contributed by atoms with Crippen LogP contribution in [0.3, 0.4) is 0 Å². The highest BCUT2D eigenvalue weighted by atomic mass is 16.5. The fraction of sp³-hybridized carbons (Fsp3) is 0.826. The Balaban J connectivity index is 1.52. The van der Waals surface area contributed by atoms with Crippen molar-refractivity contribution in [2.75, 3.05) is 6.61 Å². The summed E-state index contributed by atoms with van der Waals surface area (Å²) in [7, 11) is 0. The topological polar surface area (TPSA) is 111 Å². The minimum Gasteiger partial charge on any atom is -0.458 e. The van der Waals surface area contributed by atoms with E-state index in [9.17, 15) is 25.4 Å². The van der Waals surface area contributed by atoms with Gasteiger partial charge in [0.2, 0.25) is 0 Å². The van der Waals surface area contributed by atoms with Crippen molar-refractivity contribution >= 4 is 5.97 Å². The lowest BCUT2D eigenvalue weighted by atomic mass is 9.41. The molecule has 0 bridgehead atoms. The zero-order chi connectivity index (χ0) is 20.7. The van der Waals surface area contributed by atoms with Crippen LogP contribution in [0.5, 0.6) is 0 Å². The van der Waals surface area contributed by atoms with Crippen LogP contribution in [0.4, 0.5) is 0 Å². The first kappa shape index (κ1) is 19.5. The van der Waals surface area contributed by atoms with Gasteiger partial charge in [-0.3, -0.25) is 0 Å². The summed E-state index contributed by atoms with van der Waals surface area (Å²) in [5, 5.41) is 44.0. The van der Waals surface area contributed by atoms with E-state index in [2.05, 4.69) is 13.0 Å². The van der Waals surface area contributed by atoms with E-state index in [0.29, 0.717) is 38.7 Å². The van der Waals surface area contributed by atoms with E-state index < -0.39 is 22.7 Å². The molecule has 29 heavy (non-hydrogen) atoms. The molecule has 0 amide bonds. The molecule has 6 heteroatoms. The summed E-state index contributed by atoms with van der Waals surface area (Å²) < 4.78 is 5.16. The largest absolute Gasteiger partial charge is 0.458 e. The van der Waals surface area contributed by atoms with Gasteiger partial charge >= 0.3 is 5.97 Å². The molecule has 3 N–H and O–H groups in total. The minimum atomic E-state index is -1.17. The Morgan fingerprint density at radius 2 is 1.86 bits per heavy atom. The van der Waals surface area contributed by atoms with E-state index in [-0.39, 0.29) is 35.6 Å². The number of aliphatic hydroxyl groups excluding tert-OH is 1. The van der Waals surface area contributed by atoms with Gasteiger partial charge in [0.25, 0.3) is 0 Å². The van der Waals surface area contributed by atoms with Crippen molar-refractivity contribution in [2.24, 2.45) is 28.6 Å². The Labute approximate surface area is 171 Å². The zero-order valence-corrected chi connectivity index (χ0v) is 17.1. The fourth-order valence-corrected chi connectivity index (χ4v) is 8.27. The van der Waals surface area contributed by atoms with E-state index >= 15 is 0 Å². The number of aliphatic hydroxyl groups is 3. The lowest BCUT2D eigenvalue weighted by molar-refractivity contribution is -0.242. The molecule has 0 aromatic heterocycles. The molecule has 0 saturated heterocycles. The van der Waals surface area contributed by atoms with Crippen molar-refractivity contribution < 1.29 is 24.9 Å². The average molecular weight is 402 g/mol. The smallest absolute Gasteiger partial charge is 0.331 e. The maximum Gasteiger partial charge on any atom is 0.331 e. The molecule has 0 unspecified atom stereocenters. The van der Waals surface area contributed by atoms with Crippen LogP contribution < -0.4 is 0 Å². The molecule has 0 aromatic carbocycles. The third kappa shape index (κ3) is 2.30. The van der Waals surface area contributed by atoms with Crippen molar-refractivity contribution in [3.63, 3.8) is 0 Å². The SMILES string of the molecule is C[C@]12CC[C@H]3[C@H](CC[C@@]4(O)C[C@@H](O)CC[C@]34C#N)[C@]1(O)CC[C@H]2C1=CC(=O)OC1. The second kappa shape index (κ2) is 6.06. The monoisotopic (exact) mass is 401 g/mol. The quantitative estimate of drug-likeness (QED) is 0.581. The van der Waals surface area contributed by atoms with Crippen LogP contribution in [0.1, 0.15) is 64.7 Å². The molecule has 158 valence electrons. The molecule has 8 atom stereocenters. The highest BCUT2D eigenvalue weighted by molar-refractivity contribution is 5.85. The van der Waals surface area contributed by atoms with Gasteiger partial charge in [-0.2, -0.15) is 5.26 Å². The van der Waals surface area contributed by atoms with Gasteiger partial charge in [0.15, 0.2) is 0 Å². The predicted molar refractivity (Wildman–Crippen MR) is 103 cm³/mol. The van der Waals surface area contributed by atoms with Gasteiger partial charge < -0.3 is 20.1 Å². The second-order valence-electron chi connectivity index (χ2n) is 10.6. The minimum absolute atomic E-state index is 0.0416. The van der Waals surface area contributed by atoms with Gasteiger partial charge in [0.05, 0.1) is 28.8 Å². The Hall–Kier alpha value is -1.42. The number of rotatable bonds is 1. The lowest BCUT2D eigenvalue weighted by Gasteiger charge is -2.64. The molecule has 1 aliphatic heterocycles.